The lowest BCUT2D eigenvalue weighted by Crippen LogP contribution is -2.07. The number of nitrogen functional groups attached to an aromatic ring is 1. The van der Waals surface area contributed by atoms with Gasteiger partial charge >= 0.3 is 0 Å². The third kappa shape index (κ3) is 1.31. The maximum atomic E-state index is 5.78. The van der Waals surface area contributed by atoms with Crippen LogP contribution in [0.4, 0.5) is 5.82 Å². The largest absolute Gasteiger partial charge is 0.486 e. The lowest BCUT2D eigenvalue weighted by Gasteiger charge is -2.13. The molecule has 0 spiro atoms. The molecule has 3 heterocycles. The summed E-state index contributed by atoms with van der Waals surface area (Å²) in [6.07, 6.45) is 8.38. The molecule has 2 aromatic rings. The third-order valence-electron chi connectivity index (χ3n) is 2.28. The van der Waals surface area contributed by atoms with Crippen LogP contribution in [0.1, 0.15) is 11.9 Å². The van der Waals surface area contributed by atoms with Crippen LogP contribution in [-0.4, -0.2) is 19.9 Å². The molecule has 0 fully saturated rings. The predicted octanol–water partition coefficient (Wildman–Crippen LogP) is 1.08. The first kappa shape index (κ1) is 8.90. The Balaban J connectivity index is 2.10. The van der Waals surface area contributed by atoms with E-state index in [0.717, 1.165) is 0 Å². The Bertz CT molecular complexity index is 586. The van der Waals surface area contributed by atoms with Gasteiger partial charge in [0.15, 0.2) is 23.4 Å². The van der Waals surface area contributed by atoms with Crippen LogP contribution < -0.4 is 5.73 Å². The number of nitrogens with one attached hydrogen (secondary N) is 1. The molecule has 0 aromatic carbocycles. The van der Waals surface area contributed by atoms with Crippen LogP contribution in [0.3, 0.4) is 0 Å². The molecule has 80 valence electrons. The lowest BCUT2D eigenvalue weighted by atomic mass is 10.2. The Morgan fingerprint density at radius 1 is 1.31 bits per heavy atom. The first-order chi connectivity index (χ1) is 7.84. The second-order valence-electron chi connectivity index (χ2n) is 3.34. The summed E-state index contributed by atoms with van der Waals surface area (Å²) in [6, 6.07) is 0. The summed E-state index contributed by atoms with van der Waals surface area (Å²) in [4.78, 5) is 15.4. The number of anilines is 1. The van der Waals surface area contributed by atoms with Crippen LogP contribution >= 0.6 is 0 Å². The first-order valence-corrected chi connectivity index (χ1v) is 4.80. The van der Waals surface area contributed by atoms with Crippen molar-refractivity contribution in [1.82, 2.24) is 19.9 Å². The number of ether oxygens (including phenoxy) is 1. The number of hydrogen-bond donors (Lipinski definition) is 2. The average Bonchev–Trinajstić information content (AvgIpc) is 2.79. The third-order valence-corrected chi connectivity index (χ3v) is 2.28. The lowest BCUT2D eigenvalue weighted by molar-refractivity contribution is 0.178. The van der Waals surface area contributed by atoms with E-state index in [0.29, 0.717) is 22.8 Å². The van der Waals surface area contributed by atoms with Crippen LogP contribution in [-0.2, 0) is 4.74 Å². The monoisotopic (exact) mass is 215 g/mol. The Morgan fingerprint density at radius 2 is 2.25 bits per heavy atom. The number of fused-ring (bicyclic) bond motifs is 1. The van der Waals surface area contributed by atoms with E-state index in [4.69, 9.17) is 10.5 Å². The van der Waals surface area contributed by atoms with Gasteiger partial charge < -0.3 is 15.5 Å². The molecule has 0 saturated heterocycles. The maximum Gasteiger partial charge on any atom is 0.177 e. The number of aromatic amines is 1. The van der Waals surface area contributed by atoms with Gasteiger partial charge in [0.25, 0.3) is 0 Å². The molecule has 1 unspecified atom stereocenters. The van der Waals surface area contributed by atoms with Gasteiger partial charge in [0.2, 0.25) is 0 Å². The number of nitrogens with zero attached hydrogens (tertiary/aromatic N) is 3. The van der Waals surface area contributed by atoms with Crippen molar-refractivity contribution in [3.05, 3.63) is 36.6 Å². The van der Waals surface area contributed by atoms with Gasteiger partial charge in [-0.2, -0.15) is 0 Å². The molecule has 0 radical (unpaired) electrons. The van der Waals surface area contributed by atoms with Crippen molar-refractivity contribution < 1.29 is 4.74 Å². The van der Waals surface area contributed by atoms with E-state index in [1.165, 1.54) is 6.33 Å². The molecule has 1 atom stereocenters. The molecule has 6 nitrogen and oxygen atoms in total. The number of nitrogens with two attached hydrogens (primary N) is 1. The van der Waals surface area contributed by atoms with E-state index in [2.05, 4.69) is 19.9 Å². The van der Waals surface area contributed by atoms with Gasteiger partial charge in [-0.05, 0) is 12.2 Å². The van der Waals surface area contributed by atoms with Crippen LogP contribution in [0, 0.1) is 0 Å². The van der Waals surface area contributed by atoms with Crippen molar-refractivity contribution in [2.24, 2.45) is 0 Å². The molecule has 0 saturated carbocycles. The van der Waals surface area contributed by atoms with E-state index < -0.39 is 0 Å². The highest BCUT2D eigenvalue weighted by atomic mass is 16.5. The molecule has 3 rings (SSSR count). The summed E-state index contributed by atoms with van der Waals surface area (Å²) in [7, 11) is 0. The zero-order chi connectivity index (χ0) is 11.0. The molecular formula is C10H9N5O. The maximum absolute atomic E-state index is 5.78. The van der Waals surface area contributed by atoms with Crippen LogP contribution in [0.2, 0.25) is 0 Å². The molecule has 1 aliphatic heterocycles. The molecule has 6 heteroatoms. The standard InChI is InChI=1S/C10H9N5O/c11-8-7-10(13-5-12-7)15-9(14-8)6-3-1-2-4-16-6/h1-6H,(H3,11,12,13,14,15). The predicted molar refractivity (Wildman–Crippen MR) is 58.2 cm³/mol. The summed E-state index contributed by atoms with van der Waals surface area (Å²) in [6.45, 7) is 0. The van der Waals surface area contributed by atoms with Crippen molar-refractivity contribution in [3.8, 4) is 0 Å². The number of imidazole rings is 1. The highest BCUT2D eigenvalue weighted by molar-refractivity contribution is 5.80. The van der Waals surface area contributed by atoms with Crippen molar-refractivity contribution in [1.29, 1.82) is 0 Å². The van der Waals surface area contributed by atoms with Crippen molar-refractivity contribution in [2.75, 3.05) is 5.73 Å². The van der Waals surface area contributed by atoms with Crippen LogP contribution in [0.15, 0.2) is 30.8 Å². The topological polar surface area (TPSA) is 89.7 Å². The van der Waals surface area contributed by atoms with Gasteiger partial charge in [-0.15, -0.1) is 0 Å². The molecule has 2 aromatic heterocycles. The van der Waals surface area contributed by atoms with Crippen LogP contribution in [0.5, 0.6) is 0 Å². The second-order valence-corrected chi connectivity index (χ2v) is 3.34. The number of allylic oxidation sites excluding steroid dienone is 2. The first-order valence-electron chi connectivity index (χ1n) is 4.80. The Morgan fingerprint density at radius 3 is 3.06 bits per heavy atom. The molecule has 16 heavy (non-hydrogen) atoms. The van der Waals surface area contributed by atoms with Gasteiger partial charge in [-0.1, -0.05) is 6.08 Å². The summed E-state index contributed by atoms with van der Waals surface area (Å²) >= 11 is 0. The smallest absolute Gasteiger partial charge is 0.177 e. The minimum absolute atomic E-state index is 0.292. The molecule has 0 amide bonds. The molecule has 0 bridgehead atoms. The van der Waals surface area contributed by atoms with Gasteiger partial charge in [0.05, 0.1) is 12.6 Å². The molecule has 0 aliphatic carbocycles. The highest BCUT2D eigenvalue weighted by Crippen LogP contribution is 2.22. The van der Waals surface area contributed by atoms with Crippen LogP contribution in [0.25, 0.3) is 11.2 Å². The Hall–Kier alpha value is -2.37. The fraction of sp³-hybridized carbons (Fsp3) is 0.100. The summed E-state index contributed by atoms with van der Waals surface area (Å²) < 4.78 is 5.36. The van der Waals surface area contributed by atoms with E-state index in [1.807, 2.05) is 12.2 Å². The highest BCUT2D eigenvalue weighted by Gasteiger charge is 2.16. The Kier molecular flexibility index (Phi) is 1.86. The summed E-state index contributed by atoms with van der Waals surface area (Å²) in [5.74, 6) is 0.877. The average molecular weight is 215 g/mol. The SMILES string of the molecule is Nc1nc(C2C=CC=CO2)nc2[nH]cnc12. The number of H-pyrrole nitrogens is 1. The van der Waals surface area contributed by atoms with Gasteiger partial charge in [0, 0.05) is 0 Å². The zero-order valence-corrected chi connectivity index (χ0v) is 8.29. The summed E-state index contributed by atoms with van der Waals surface area (Å²) in [5.41, 5.74) is 6.98. The van der Waals surface area contributed by atoms with E-state index in [-0.39, 0.29) is 6.10 Å². The normalized spacial score (nSPS) is 18.9. The van der Waals surface area contributed by atoms with Crippen molar-refractivity contribution in [2.45, 2.75) is 6.10 Å². The molecular weight excluding hydrogens is 206 g/mol. The molecule has 3 N–H and O–H groups in total. The fourth-order valence-corrected chi connectivity index (χ4v) is 1.54. The number of aromatic nitrogens is 4. The minimum Gasteiger partial charge on any atom is -0.486 e. The zero-order valence-electron chi connectivity index (χ0n) is 8.29. The van der Waals surface area contributed by atoms with Gasteiger partial charge in [-0.3, -0.25) is 0 Å². The quantitative estimate of drug-likeness (QED) is 0.742. The van der Waals surface area contributed by atoms with E-state index >= 15 is 0 Å². The van der Waals surface area contributed by atoms with E-state index in [9.17, 15) is 0 Å². The van der Waals surface area contributed by atoms with Gasteiger partial charge in [0.1, 0.15) is 5.52 Å². The number of hydrogen-bond acceptors (Lipinski definition) is 5. The molecule has 1 aliphatic rings. The van der Waals surface area contributed by atoms with Crippen molar-refractivity contribution >= 4 is 17.0 Å². The summed E-state index contributed by atoms with van der Waals surface area (Å²) in [5, 5.41) is 0. The Labute approximate surface area is 90.9 Å². The number of rotatable bonds is 1. The minimum atomic E-state index is -0.292. The van der Waals surface area contributed by atoms with Gasteiger partial charge in [-0.25, -0.2) is 15.0 Å². The second kappa shape index (κ2) is 3.34. The fourth-order valence-electron chi connectivity index (χ4n) is 1.54. The van der Waals surface area contributed by atoms with Crippen molar-refractivity contribution in [3.63, 3.8) is 0 Å². The van der Waals surface area contributed by atoms with E-state index in [1.54, 1.807) is 12.3 Å².